The minimum absolute atomic E-state index is 0.0532. The van der Waals surface area contributed by atoms with Crippen LogP contribution >= 0.6 is 0 Å². The zero-order valence-electron chi connectivity index (χ0n) is 6.96. The zero-order valence-corrected chi connectivity index (χ0v) is 6.96. The molecule has 0 aromatic rings. The molecular formula is C7H14N2O. The number of rotatable bonds is 3. The largest absolute Gasteiger partial charge is 0.290 e. The monoisotopic (exact) mass is 142 g/mol. The first-order valence-corrected chi connectivity index (χ1v) is 3.13. The van der Waals surface area contributed by atoms with E-state index in [2.05, 4.69) is 0 Å². The van der Waals surface area contributed by atoms with E-state index in [-0.39, 0.29) is 6.17 Å². The Morgan fingerprint density at radius 1 is 1.20 bits per heavy atom. The van der Waals surface area contributed by atoms with Gasteiger partial charge in [0.2, 0.25) is 0 Å². The van der Waals surface area contributed by atoms with Crippen LogP contribution in [0.1, 0.15) is 0 Å². The van der Waals surface area contributed by atoms with Gasteiger partial charge in [0, 0.05) is 6.08 Å². The molecule has 0 rings (SSSR count). The Kier molecular flexibility index (Phi) is 3.96. The van der Waals surface area contributed by atoms with Crippen molar-refractivity contribution in [1.29, 1.82) is 0 Å². The second-order valence-corrected chi connectivity index (χ2v) is 2.63. The molecule has 0 aliphatic carbocycles. The van der Waals surface area contributed by atoms with Gasteiger partial charge < -0.3 is 0 Å². The molecule has 0 N–H and O–H groups in total. The smallest absolute Gasteiger partial charge is 0.123 e. The van der Waals surface area contributed by atoms with Gasteiger partial charge in [-0.2, -0.15) is 0 Å². The molecule has 0 saturated heterocycles. The minimum atomic E-state index is 0.0532. The van der Waals surface area contributed by atoms with Crippen molar-refractivity contribution in [1.82, 2.24) is 9.80 Å². The molecule has 0 bridgehead atoms. The molecule has 0 aromatic heterocycles. The van der Waals surface area contributed by atoms with Gasteiger partial charge in [-0.1, -0.05) is 0 Å². The highest BCUT2D eigenvalue weighted by Gasteiger charge is 2.08. The molecule has 0 fully saturated rings. The van der Waals surface area contributed by atoms with Crippen LogP contribution in [-0.4, -0.2) is 50.1 Å². The van der Waals surface area contributed by atoms with Crippen LogP contribution in [-0.2, 0) is 4.79 Å². The molecule has 58 valence electrons. The van der Waals surface area contributed by atoms with E-state index in [0.717, 1.165) is 0 Å². The zero-order chi connectivity index (χ0) is 8.15. The van der Waals surface area contributed by atoms with Crippen LogP contribution in [0.5, 0.6) is 0 Å². The van der Waals surface area contributed by atoms with Gasteiger partial charge >= 0.3 is 0 Å². The van der Waals surface area contributed by atoms with E-state index in [1.165, 1.54) is 6.08 Å². The van der Waals surface area contributed by atoms with E-state index in [1.54, 1.807) is 5.94 Å². The number of carbonyl (C=O) groups excluding carboxylic acids is 1. The lowest BCUT2D eigenvalue weighted by Gasteiger charge is -2.26. The molecule has 0 spiro atoms. The number of hydrogen-bond acceptors (Lipinski definition) is 3. The van der Waals surface area contributed by atoms with E-state index in [1.807, 2.05) is 38.0 Å². The third kappa shape index (κ3) is 2.78. The molecular weight excluding hydrogens is 128 g/mol. The Balaban J connectivity index is 4.11. The molecule has 10 heavy (non-hydrogen) atoms. The lowest BCUT2D eigenvalue weighted by molar-refractivity contribution is 0.174. The third-order valence-corrected chi connectivity index (χ3v) is 1.28. The average Bonchev–Trinajstić information content (AvgIpc) is 1.81. The maximum Gasteiger partial charge on any atom is 0.123 e. The second-order valence-electron chi connectivity index (χ2n) is 2.63. The van der Waals surface area contributed by atoms with Crippen molar-refractivity contribution in [2.75, 3.05) is 28.2 Å². The summed E-state index contributed by atoms with van der Waals surface area (Å²) in [6, 6.07) is 0. The maximum absolute atomic E-state index is 9.99. The minimum Gasteiger partial charge on any atom is -0.290 e. The third-order valence-electron chi connectivity index (χ3n) is 1.28. The van der Waals surface area contributed by atoms with Crippen LogP contribution in [0.2, 0.25) is 0 Å². The molecule has 3 nitrogen and oxygen atoms in total. The Morgan fingerprint density at radius 3 is 1.70 bits per heavy atom. The fraction of sp³-hybridized carbons (Fsp3) is 0.714. The van der Waals surface area contributed by atoms with Crippen molar-refractivity contribution in [3.8, 4) is 0 Å². The Morgan fingerprint density at radius 2 is 1.60 bits per heavy atom. The first kappa shape index (κ1) is 9.37. The van der Waals surface area contributed by atoms with Crippen molar-refractivity contribution in [2.24, 2.45) is 0 Å². The summed E-state index contributed by atoms with van der Waals surface area (Å²) in [6.07, 6.45) is 1.54. The predicted octanol–water partition coefficient (Wildman–Crippen LogP) is -0.177. The van der Waals surface area contributed by atoms with Crippen molar-refractivity contribution < 1.29 is 4.79 Å². The van der Waals surface area contributed by atoms with Crippen molar-refractivity contribution in [2.45, 2.75) is 6.17 Å². The van der Waals surface area contributed by atoms with Gasteiger partial charge in [0.1, 0.15) is 5.94 Å². The molecule has 0 aliphatic rings. The molecule has 0 unspecified atom stereocenters. The summed E-state index contributed by atoms with van der Waals surface area (Å²) in [5, 5.41) is 0. The lowest BCUT2D eigenvalue weighted by Crippen LogP contribution is -2.38. The molecule has 0 saturated carbocycles. The maximum atomic E-state index is 9.99. The van der Waals surface area contributed by atoms with Crippen LogP contribution in [0, 0.1) is 0 Å². The van der Waals surface area contributed by atoms with Gasteiger partial charge in [-0.15, -0.1) is 0 Å². The Bertz CT molecular complexity index is 129. The van der Waals surface area contributed by atoms with Crippen LogP contribution < -0.4 is 0 Å². The van der Waals surface area contributed by atoms with Gasteiger partial charge in [-0.25, -0.2) is 4.79 Å². The first-order chi connectivity index (χ1) is 4.59. The highest BCUT2D eigenvalue weighted by molar-refractivity contribution is 5.46. The summed E-state index contributed by atoms with van der Waals surface area (Å²) in [5.74, 6) is 1.77. The van der Waals surface area contributed by atoms with Gasteiger partial charge in [0.05, 0.1) is 6.17 Å². The Hall–Kier alpha value is -0.630. The molecule has 0 amide bonds. The highest BCUT2D eigenvalue weighted by atomic mass is 16.1. The van der Waals surface area contributed by atoms with E-state index in [0.29, 0.717) is 0 Å². The summed E-state index contributed by atoms with van der Waals surface area (Å²) in [4.78, 5) is 13.9. The number of likely N-dealkylation sites (N-methyl/N-ethyl adjacent to an activating group) is 2. The summed E-state index contributed by atoms with van der Waals surface area (Å²) in [7, 11) is 7.66. The molecule has 0 atom stereocenters. The van der Waals surface area contributed by atoms with Crippen molar-refractivity contribution >= 4 is 5.94 Å². The first-order valence-electron chi connectivity index (χ1n) is 3.13. The standard InChI is InChI=1S/C7H14N2O/c1-8(2)7(5-6-10)9(3)4/h5,7H,1-4H3. The van der Waals surface area contributed by atoms with Crippen molar-refractivity contribution in [3.05, 3.63) is 6.08 Å². The van der Waals surface area contributed by atoms with E-state index >= 15 is 0 Å². The van der Waals surface area contributed by atoms with E-state index in [4.69, 9.17) is 0 Å². The van der Waals surface area contributed by atoms with Crippen molar-refractivity contribution in [3.63, 3.8) is 0 Å². The fourth-order valence-corrected chi connectivity index (χ4v) is 0.821. The average molecular weight is 142 g/mol. The van der Waals surface area contributed by atoms with Gasteiger partial charge in [0.25, 0.3) is 0 Å². The second kappa shape index (κ2) is 4.23. The fourth-order valence-electron chi connectivity index (χ4n) is 0.821. The van der Waals surface area contributed by atoms with Gasteiger partial charge in [-0.05, 0) is 28.2 Å². The van der Waals surface area contributed by atoms with Crippen LogP contribution in [0.3, 0.4) is 0 Å². The van der Waals surface area contributed by atoms with E-state index in [9.17, 15) is 4.79 Å². The van der Waals surface area contributed by atoms with Gasteiger partial charge in [0.15, 0.2) is 0 Å². The van der Waals surface area contributed by atoms with E-state index < -0.39 is 0 Å². The van der Waals surface area contributed by atoms with Crippen LogP contribution in [0.4, 0.5) is 0 Å². The molecule has 0 aliphatic heterocycles. The summed E-state index contributed by atoms with van der Waals surface area (Å²) in [6.45, 7) is 0. The van der Waals surface area contributed by atoms with Crippen LogP contribution in [0.15, 0.2) is 6.08 Å². The van der Waals surface area contributed by atoms with Gasteiger partial charge in [-0.3, -0.25) is 9.80 Å². The molecule has 0 heterocycles. The highest BCUT2D eigenvalue weighted by Crippen LogP contribution is 1.95. The number of hydrogen-bond donors (Lipinski definition) is 0. The quantitative estimate of drug-likeness (QED) is 0.403. The predicted molar refractivity (Wildman–Crippen MR) is 41.4 cm³/mol. The summed E-state index contributed by atoms with van der Waals surface area (Å²) in [5.41, 5.74) is 0. The summed E-state index contributed by atoms with van der Waals surface area (Å²) >= 11 is 0. The SMILES string of the molecule is CN(C)C(C=C=O)N(C)C. The topological polar surface area (TPSA) is 23.6 Å². The lowest BCUT2D eigenvalue weighted by atomic mass is 10.4. The molecule has 0 aromatic carbocycles. The molecule has 0 radical (unpaired) electrons. The molecule has 3 heteroatoms. The Labute approximate surface area is 61.9 Å². The number of nitrogens with zero attached hydrogens (tertiary/aromatic N) is 2. The van der Waals surface area contributed by atoms with Crippen LogP contribution in [0.25, 0.3) is 0 Å². The normalized spacial score (nSPS) is 10.7. The summed E-state index contributed by atoms with van der Waals surface area (Å²) < 4.78 is 0.